The van der Waals surface area contributed by atoms with Gasteiger partial charge in [0.05, 0.1) is 18.0 Å². The summed E-state index contributed by atoms with van der Waals surface area (Å²) in [4.78, 5) is 12.8. The summed E-state index contributed by atoms with van der Waals surface area (Å²) >= 11 is 5.89. The molecule has 0 unspecified atom stereocenters. The number of amides is 1. The van der Waals surface area contributed by atoms with Crippen LogP contribution in [0.15, 0.2) is 42.5 Å². The van der Waals surface area contributed by atoms with Gasteiger partial charge in [-0.1, -0.05) is 17.7 Å². The second kappa shape index (κ2) is 8.51. The zero-order chi connectivity index (χ0) is 21.2. The van der Waals surface area contributed by atoms with Gasteiger partial charge in [0.2, 0.25) is 15.9 Å². The fraction of sp³-hybridized carbons (Fsp3) is 0.350. The van der Waals surface area contributed by atoms with Crippen LogP contribution in [0.2, 0.25) is 5.02 Å². The number of nitrogens with zero attached hydrogens (tertiary/aromatic N) is 1. The maximum absolute atomic E-state index is 12.8. The smallest absolute Gasteiger partial charge is 0.244 e. The molecule has 0 radical (unpaired) electrons. The minimum atomic E-state index is -3.69. The Balaban J connectivity index is 1.78. The first-order chi connectivity index (χ1) is 13.7. The molecule has 1 heterocycles. The molecule has 0 saturated heterocycles. The molecule has 0 saturated carbocycles. The van der Waals surface area contributed by atoms with Gasteiger partial charge in [0.25, 0.3) is 0 Å². The van der Waals surface area contributed by atoms with Crippen LogP contribution in [-0.4, -0.2) is 39.8 Å². The van der Waals surface area contributed by atoms with Gasteiger partial charge in [-0.05, 0) is 55.8 Å². The minimum absolute atomic E-state index is 0.354. The average Bonchev–Trinajstić information content (AvgIpc) is 2.68. The molecule has 0 aromatic heterocycles. The van der Waals surface area contributed by atoms with E-state index in [-0.39, 0.29) is 6.04 Å². The lowest BCUT2D eigenvalue weighted by Crippen LogP contribution is -2.48. The normalized spacial score (nSPS) is 15.3. The Labute approximate surface area is 175 Å². The van der Waals surface area contributed by atoms with Gasteiger partial charge in [0, 0.05) is 5.02 Å². The van der Waals surface area contributed by atoms with Crippen molar-refractivity contribution in [3.8, 4) is 11.5 Å². The first-order valence-corrected chi connectivity index (χ1v) is 11.3. The van der Waals surface area contributed by atoms with Gasteiger partial charge in [-0.25, -0.2) is 8.42 Å². The van der Waals surface area contributed by atoms with Crippen LogP contribution in [0.25, 0.3) is 0 Å². The van der Waals surface area contributed by atoms with Gasteiger partial charge in [0.1, 0.15) is 19.3 Å². The van der Waals surface area contributed by atoms with Crippen LogP contribution in [0.3, 0.4) is 0 Å². The lowest BCUT2D eigenvalue weighted by molar-refractivity contribution is -0.122. The summed E-state index contributed by atoms with van der Waals surface area (Å²) in [7, 11) is -3.69. The number of rotatable bonds is 6. The summed E-state index contributed by atoms with van der Waals surface area (Å²) in [5.74, 6) is 0.868. The lowest BCUT2D eigenvalue weighted by Gasteiger charge is -2.29. The third kappa shape index (κ3) is 4.94. The quantitative estimate of drug-likeness (QED) is 0.748. The minimum Gasteiger partial charge on any atom is -0.486 e. The molecule has 1 amide bonds. The molecule has 0 spiro atoms. The third-order valence-electron chi connectivity index (χ3n) is 4.59. The maximum atomic E-state index is 12.8. The number of hydrogen-bond acceptors (Lipinski definition) is 5. The Kier molecular flexibility index (Phi) is 6.24. The van der Waals surface area contributed by atoms with E-state index >= 15 is 0 Å². The van der Waals surface area contributed by atoms with E-state index in [9.17, 15) is 13.2 Å². The van der Waals surface area contributed by atoms with Crippen molar-refractivity contribution >= 4 is 33.2 Å². The third-order valence-corrected chi connectivity index (χ3v) is 6.09. The molecule has 1 aliphatic rings. The van der Waals surface area contributed by atoms with E-state index in [1.54, 1.807) is 37.3 Å². The zero-order valence-electron chi connectivity index (χ0n) is 16.4. The molecule has 0 bridgehead atoms. The Bertz CT molecular complexity index is 994. The van der Waals surface area contributed by atoms with Crippen molar-refractivity contribution in [3.63, 3.8) is 0 Å². The number of carbonyl (C=O) groups is 1. The highest BCUT2D eigenvalue weighted by molar-refractivity contribution is 7.92. The molecular formula is C20H23ClN2O5S. The molecule has 29 heavy (non-hydrogen) atoms. The first-order valence-electron chi connectivity index (χ1n) is 9.11. The Morgan fingerprint density at radius 3 is 2.31 bits per heavy atom. The fourth-order valence-corrected chi connectivity index (χ4v) is 4.44. The second-order valence-corrected chi connectivity index (χ2v) is 9.14. The predicted octanol–water partition coefficient (Wildman–Crippen LogP) is 3.14. The summed E-state index contributed by atoms with van der Waals surface area (Å²) in [6.07, 6.45) is 1.07. The highest BCUT2D eigenvalue weighted by Gasteiger charge is 2.30. The van der Waals surface area contributed by atoms with Crippen molar-refractivity contribution in [2.45, 2.75) is 25.9 Å². The number of carbonyl (C=O) groups excluding carboxylic acids is 1. The number of ether oxygens (including phenoxy) is 2. The number of anilines is 1. The lowest BCUT2D eigenvalue weighted by atomic mass is 10.1. The van der Waals surface area contributed by atoms with Crippen LogP contribution in [0.5, 0.6) is 11.5 Å². The molecule has 1 aliphatic heterocycles. The van der Waals surface area contributed by atoms with Crippen molar-refractivity contribution in [3.05, 3.63) is 53.1 Å². The fourth-order valence-electron chi connectivity index (χ4n) is 3.14. The van der Waals surface area contributed by atoms with E-state index in [0.29, 0.717) is 35.4 Å². The van der Waals surface area contributed by atoms with Crippen molar-refractivity contribution < 1.29 is 22.7 Å². The molecule has 2 atom stereocenters. The van der Waals surface area contributed by atoms with Crippen molar-refractivity contribution in [2.24, 2.45) is 0 Å². The van der Waals surface area contributed by atoms with Gasteiger partial charge in [-0.2, -0.15) is 0 Å². The SMILES string of the molecule is C[C@H](C(=O)N[C@H](C)c1ccc2c(c1)OCCO2)N(c1ccc(Cl)cc1)S(C)(=O)=O. The Morgan fingerprint density at radius 1 is 1.07 bits per heavy atom. The predicted molar refractivity (Wildman–Crippen MR) is 112 cm³/mol. The van der Waals surface area contributed by atoms with E-state index in [0.717, 1.165) is 16.1 Å². The second-order valence-electron chi connectivity index (χ2n) is 6.84. The van der Waals surface area contributed by atoms with E-state index in [2.05, 4.69) is 5.32 Å². The zero-order valence-corrected chi connectivity index (χ0v) is 18.0. The van der Waals surface area contributed by atoms with Crippen molar-refractivity contribution in [1.29, 1.82) is 0 Å². The molecule has 1 N–H and O–H groups in total. The van der Waals surface area contributed by atoms with Gasteiger partial charge in [-0.15, -0.1) is 0 Å². The molecule has 2 aromatic carbocycles. The number of hydrogen-bond donors (Lipinski definition) is 1. The van der Waals surface area contributed by atoms with Crippen molar-refractivity contribution in [1.82, 2.24) is 5.32 Å². The van der Waals surface area contributed by atoms with Crippen molar-refractivity contribution in [2.75, 3.05) is 23.8 Å². The number of sulfonamides is 1. The van der Waals surface area contributed by atoms with E-state index in [1.165, 1.54) is 0 Å². The topological polar surface area (TPSA) is 84.9 Å². The number of nitrogens with one attached hydrogen (secondary N) is 1. The molecule has 9 heteroatoms. The van der Waals surface area contributed by atoms with Crippen LogP contribution in [0.1, 0.15) is 25.5 Å². The molecular weight excluding hydrogens is 416 g/mol. The Morgan fingerprint density at radius 2 is 1.69 bits per heavy atom. The van der Waals surface area contributed by atoms with Gasteiger partial charge in [-0.3, -0.25) is 9.10 Å². The van der Waals surface area contributed by atoms with Gasteiger partial charge in [0.15, 0.2) is 11.5 Å². The first kappa shape index (κ1) is 21.3. The molecule has 0 aliphatic carbocycles. The number of fused-ring (bicyclic) bond motifs is 1. The summed E-state index contributed by atoms with van der Waals surface area (Å²) in [5, 5.41) is 3.35. The summed E-state index contributed by atoms with van der Waals surface area (Å²) in [6, 6.07) is 10.4. The monoisotopic (exact) mass is 438 g/mol. The molecule has 3 rings (SSSR count). The highest BCUT2D eigenvalue weighted by atomic mass is 35.5. The summed E-state index contributed by atoms with van der Waals surface area (Å²) in [6.45, 7) is 4.34. The molecule has 2 aromatic rings. The average molecular weight is 439 g/mol. The number of benzene rings is 2. The molecule has 7 nitrogen and oxygen atoms in total. The summed E-state index contributed by atoms with van der Waals surface area (Å²) < 4.78 is 36.9. The van der Waals surface area contributed by atoms with Gasteiger partial charge < -0.3 is 14.8 Å². The van der Waals surface area contributed by atoms with E-state index in [4.69, 9.17) is 21.1 Å². The van der Waals surface area contributed by atoms with Crippen LogP contribution >= 0.6 is 11.6 Å². The standard InChI is InChI=1S/C20H23ClN2O5S/c1-13(15-4-9-18-19(12-15)28-11-10-27-18)22-20(24)14(2)23(29(3,25)26)17-7-5-16(21)6-8-17/h4-9,12-14H,10-11H2,1-3H3,(H,22,24)/t13-,14-/m1/s1. The van der Waals surface area contributed by atoms with Crippen LogP contribution in [0.4, 0.5) is 5.69 Å². The Hall–Kier alpha value is -2.45. The highest BCUT2D eigenvalue weighted by Crippen LogP contribution is 2.32. The van der Waals surface area contributed by atoms with Crippen LogP contribution in [-0.2, 0) is 14.8 Å². The van der Waals surface area contributed by atoms with Crippen LogP contribution < -0.4 is 19.1 Å². The van der Waals surface area contributed by atoms with E-state index < -0.39 is 22.0 Å². The molecule has 156 valence electrons. The number of halogens is 1. The van der Waals surface area contributed by atoms with Gasteiger partial charge >= 0.3 is 0 Å². The largest absolute Gasteiger partial charge is 0.486 e. The van der Waals surface area contributed by atoms with Crippen LogP contribution in [0, 0.1) is 0 Å². The van der Waals surface area contributed by atoms with E-state index in [1.807, 2.05) is 19.1 Å². The summed E-state index contributed by atoms with van der Waals surface area (Å²) in [5.41, 5.74) is 1.19. The maximum Gasteiger partial charge on any atom is 0.244 e. The molecule has 0 fully saturated rings.